The molecule has 2 aromatic carbocycles. The highest BCUT2D eigenvalue weighted by Crippen LogP contribution is 2.26. The highest BCUT2D eigenvalue weighted by Gasteiger charge is 2.29. The molecule has 0 saturated heterocycles. The lowest BCUT2D eigenvalue weighted by Crippen LogP contribution is -2.47. The van der Waals surface area contributed by atoms with E-state index in [0.29, 0.717) is 15.9 Å². The summed E-state index contributed by atoms with van der Waals surface area (Å²) in [4.78, 5) is 12.8. The number of carbonyl (C=O) groups excluding carboxylic acids is 1. The number of sulfonamides is 1. The summed E-state index contributed by atoms with van der Waals surface area (Å²) in [5.41, 5.74) is 0.885. The van der Waals surface area contributed by atoms with Crippen LogP contribution in [0, 0.1) is 5.92 Å². The number of carbonyl (C=O) groups is 1. The Bertz CT molecular complexity index is 1100. The van der Waals surface area contributed by atoms with Gasteiger partial charge < -0.3 is 4.74 Å². The van der Waals surface area contributed by atoms with Crippen molar-refractivity contribution in [3.8, 4) is 16.3 Å². The maximum atomic E-state index is 12.8. The minimum Gasteiger partial charge on any atom is -0.497 e. The third kappa shape index (κ3) is 5.21. The Morgan fingerprint density at radius 1 is 1.03 bits per heavy atom. The minimum atomic E-state index is -3.90. The summed E-state index contributed by atoms with van der Waals surface area (Å²) in [6.07, 6.45) is 0. The molecule has 0 aliphatic rings. The Balaban J connectivity index is 1.74. The van der Waals surface area contributed by atoms with E-state index >= 15 is 0 Å². The summed E-state index contributed by atoms with van der Waals surface area (Å²) in [7, 11) is -2.41. The standard InChI is InChI=1S/C20H22N4O4S2/c1-13(2)17(24-30(26,27)16-11-9-15(28-3)10-12-16)18(25)21-20-23-22-19(29-20)14-7-5-4-6-8-14/h4-13,17,24H,1-3H3,(H,21,23,25)/t17-/m0/s1. The van der Waals surface area contributed by atoms with Gasteiger partial charge in [-0.15, -0.1) is 10.2 Å². The average molecular weight is 447 g/mol. The van der Waals surface area contributed by atoms with Crippen LogP contribution in [0.5, 0.6) is 5.75 Å². The molecule has 3 rings (SSSR count). The molecule has 10 heteroatoms. The van der Waals surface area contributed by atoms with E-state index in [4.69, 9.17) is 4.74 Å². The molecule has 3 aromatic rings. The number of nitrogens with zero attached hydrogens (tertiary/aromatic N) is 2. The molecule has 0 bridgehead atoms. The second-order valence-electron chi connectivity index (χ2n) is 6.79. The number of methoxy groups -OCH3 is 1. The van der Waals surface area contributed by atoms with E-state index in [1.165, 1.54) is 30.6 Å². The molecule has 0 spiro atoms. The van der Waals surface area contributed by atoms with Crippen LogP contribution in [-0.2, 0) is 14.8 Å². The fourth-order valence-electron chi connectivity index (χ4n) is 2.64. The van der Waals surface area contributed by atoms with Crippen LogP contribution in [0.4, 0.5) is 5.13 Å². The summed E-state index contributed by atoms with van der Waals surface area (Å²) in [5, 5.41) is 11.7. The molecule has 0 aliphatic heterocycles. The number of ether oxygens (including phenoxy) is 1. The maximum absolute atomic E-state index is 12.8. The van der Waals surface area contributed by atoms with Crippen molar-refractivity contribution >= 4 is 32.4 Å². The molecule has 8 nitrogen and oxygen atoms in total. The number of benzene rings is 2. The first kappa shape index (κ1) is 21.9. The number of hydrogen-bond acceptors (Lipinski definition) is 7. The van der Waals surface area contributed by atoms with Crippen LogP contribution in [0.25, 0.3) is 10.6 Å². The van der Waals surface area contributed by atoms with Gasteiger partial charge >= 0.3 is 0 Å². The van der Waals surface area contributed by atoms with Gasteiger partial charge in [-0.25, -0.2) is 8.42 Å². The molecule has 1 heterocycles. The van der Waals surface area contributed by atoms with Crippen LogP contribution in [-0.4, -0.2) is 37.7 Å². The number of hydrogen-bond donors (Lipinski definition) is 2. The van der Waals surface area contributed by atoms with E-state index in [-0.39, 0.29) is 10.8 Å². The molecular weight excluding hydrogens is 424 g/mol. The fourth-order valence-corrected chi connectivity index (χ4v) is 4.73. The molecule has 1 amide bonds. The van der Waals surface area contributed by atoms with Gasteiger partial charge in [0.15, 0.2) is 0 Å². The van der Waals surface area contributed by atoms with Gasteiger partial charge in [0.05, 0.1) is 12.0 Å². The molecular formula is C20H22N4O4S2. The van der Waals surface area contributed by atoms with Crippen molar-refractivity contribution in [1.82, 2.24) is 14.9 Å². The van der Waals surface area contributed by atoms with Crippen LogP contribution >= 0.6 is 11.3 Å². The summed E-state index contributed by atoms with van der Waals surface area (Å²) in [5.74, 6) is -0.255. The molecule has 2 N–H and O–H groups in total. The molecule has 30 heavy (non-hydrogen) atoms. The molecule has 0 radical (unpaired) electrons. The predicted molar refractivity (Wildman–Crippen MR) is 116 cm³/mol. The zero-order valence-electron chi connectivity index (χ0n) is 16.7. The Hall–Kier alpha value is -2.82. The van der Waals surface area contributed by atoms with Crippen molar-refractivity contribution in [1.29, 1.82) is 0 Å². The Kier molecular flexibility index (Phi) is 6.80. The van der Waals surface area contributed by atoms with Crippen molar-refractivity contribution in [2.75, 3.05) is 12.4 Å². The minimum absolute atomic E-state index is 0.0454. The molecule has 0 saturated carbocycles. The van der Waals surface area contributed by atoms with Gasteiger partial charge in [-0.3, -0.25) is 10.1 Å². The zero-order valence-corrected chi connectivity index (χ0v) is 18.3. The van der Waals surface area contributed by atoms with Crippen LogP contribution in [0.1, 0.15) is 13.8 Å². The van der Waals surface area contributed by atoms with Crippen molar-refractivity contribution in [2.45, 2.75) is 24.8 Å². The highest BCUT2D eigenvalue weighted by atomic mass is 32.2. The van der Waals surface area contributed by atoms with E-state index in [0.717, 1.165) is 5.56 Å². The van der Waals surface area contributed by atoms with Gasteiger partial charge in [0.1, 0.15) is 16.8 Å². The van der Waals surface area contributed by atoms with Gasteiger partial charge in [-0.2, -0.15) is 4.72 Å². The molecule has 158 valence electrons. The van der Waals surface area contributed by atoms with Crippen LogP contribution < -0.4 is 14.8 Å². The first-order valence-corrected chi connectivity index (χ1v) is 11.5. The van der Waals surface area contributed by atoms with E-state index in [1.54, 1.807) is 26.0 Å². The van der Waals surface area contributed by atoms with Gasteiger partial charge in [-0.05, 0) is 30.2 Å². The quantitative estimate of drug-likeness (QED) is 0.550. The normalized spacial score (nSPS) is 12.5. The van der Waals surface area contributed by atoms with Crippen LogP contribution in [0.15, 0.2) is 59.5 Å². The van der Waals surface area contributed by atoms with E-state index in [9.17, 15) is 13.2 Å². The zero-order chi connectivity index (χ0) is 21.7. The lowest BCUT2D eigenvalue weighted by atomic mass is 10.1. The van der Waals surface area contributed by atoms with Crippen molar-refractivity contribution in [3.05, 3.63) is 54.6 Å². The van der Waals surface area contributed by atoms with Gasteiger partial charge in [0.2, 0.25) is 21.1 Å². The Morgan fingerprint density at radius 2 is 1.70 bits per heavy atom. The maximum Gasteiger partial charge on any atom is 0.244 e. The van der Waals surface area contributed by atoms with Crippen molar-refractivity contribution in [3.63, 3.8) is 0 Å². The molecule has 0 fully saturated rings. The van der Waals surface area contributed by atoms with Crippen molar-refractivity contribution in [2.24, 2.45) is 5.92 Å². The van der Waals surface area contributed by atoms with E-state index in [1.807, 2.05) is 30.3 Å². The summed E-state index contributed by atoms with van der Waals surface area (Å²) < 4.78 is 33.0. The summed E-state index contributed by atoms with van der Waals surface area (Å²) in [6.45, 7) is 3.52. The lowest BCUT2D eigenvalue weighted by molar-refractivity contribution is -0.118. The number of rotatable bonds is 8. The van der Waals surface area contributed by atoms with E-state index < -0.39 is 22.0 Å². The second-order valence-corrected chi connectivity index (χ2v) is 9.48. The fraction of sp³-hybridized carbons (Fsp3) is 0.250. The highest BCUT2D eigenvalue weighted by molar-refractivity contribution is 7.89. The predicted octanol–water partition coefficient (Wildman–Crippen LogP) is 3.16. The van der Waals surface area contributed by atoms with E-state index in [2.05, 4.69) is 20.2 Å². The molecule has 0 aliphatic carbocycles. The largest absolute Gasteiger partial charge is 0.497 e. The first-order chi connectivity index (χ1) is 14.3. The summed E-state index contributed by atoms with van der Waals surface area (Å²) in [6, 6.07) is 14.4. The third-order valence-corrected chi connectivity index (χ3v) is 6.62. The first-order valence-electron chi connectivity index (χ1n) is 9.16. The van der Waals surface area contributed by atoms with Gasteiger partial charge in [0.25, 0.3) is 0 Å². The number of aromatic nitrogens is 2. The number of anilines is 1. The lowest BCUT2D eigenvalue weighted by Gasteiger charge is -2.21. The summed E-state index contributed by atoms with van der Waals surface area (Å²) >= 11 is 1.22. The van der Waals surface area contributed by atoms with Crippen LogP contribution in [0.3, 0.4) is 0 Å². The van der Waals surface area contributed by atoms with Gasteiger partial charge in [0, 0.05) is 5.56 Å². The molecule has 1 aromatic heterocycles. The molecule has 1 atom stereocenters. The second kappa shape index (κ2) is 9.33. The van der Waals surface area contributed by atoms with Gasteiger partial charge in [-0.1, -0.05) is 55.5 Å². The number of amides is 1. The number of nitrogens with one attached hydrogen (secondary N) is 2. The third-order valence-electron chi connectivity index (χ3n) is 4.28. The molecule has 0 unspecified atom stereocenters. The van der Waals surface area contributed by atoms with Crippen LogP contribution in [0.2, 0.25) is 0 Å². The SMILES string of the molecule is COc1ccc(S(=O)(=O)N[C@H](C(=O)Nc2nnc(-c3ccccc3)s2)C(C)C)cc1. The average Bonchev–Trinajstić information content (AvgIpc) is 3.21. The Labute approximate surface area is 179 Å². The van der Waals surface area contributed by atoms with Crippen molar-refractivity contribution < 1.29 is 17.9 Å². The monoisotopic (exact) mass is 446 g/mol. The topological polar surface area (TPSA) is 110 Å². The Morgan fingerprint density at radius 3 is 2.30 bits per heavy atom. The smallest absolute Gasteiger partial charge is 0.244 e.